The molecular formula is C12H25N3O. The Balaban J connectivity index is 1.66. The first-order chi connectivity index (χ1) is 7.79. The van der Waals surface area contributed by atoms with Crippen LogP contribution in [0.5, 0.6) is 0 Å². The first-order valence-electron chi connectivity index (χ1n) is 6.48. The van der Waals surface area contributed by atoms with E-state index in [1.54, 1.807) is 7.11 Å². The second kappa shape index (κ2) is 5.96. The molecule has 3 heterocycles. The minimum atomic E-state index is 0.566. The number of nitrogens with zero attached hydrogens (tertiary/aromatic N) is 2. The molecule has 2 bridgehead atoms. The van der Waals surface area contributed by atoms with Gasteiger partial charge in [0.05, 0.1) is 0 Å². The molecule has 0 radical (unpaired) electrons. The molecule has 94 valence electrons. The van der Waals surface area contributed by atoms with Gasteiger partial charge < -0.3 is 10.1 Å². The maximum atomic E-state index is 5.10. The minimum absolute atomic E-state index is 0.566. The first kappa shape index (κ1) is 12.3. The van der Waals surface area contributed by atoms with Gasteiger partial charge in [-0.1, -0.05) is 0 Å². The highest BCUT2D eigenvalue weighted by Crippen LogP contribution is 2.14. The largest absolute Gasteiger partial charge is 0.385 e. The molecule has 4 heteroatoms. The Kier molecular flexibility index (Phi) is 4.58. The van der Waals surface area contributed by atoms with Gasteiger partial charge in [0.25, 0.3) is 0 Å². The molecule has 0 amide bonds. The van der Waals surface area contributed by atoms with Crippen LogP contribution in [0.25, 0.3) is 0 Å². The lowest BCUT2D eigenvalue weighted by Gasteiger charge is -2.47. The average Bonchev–Trinajstić information content (AvgIpc) is 2.35. The van der Waals surface area contributed by atoms with Gasteiger partial charge in [-0.05, 0) is 13.3 Å². The highest BCUT2D eigenvalue weighted by Gasteiger charge is 2.31. The molecule has 0 aromatic carbocycles. The highest BCUT2D eigenvalue weighted by atomic mass is 16.5. The summed E-state index contributed by atoms with van der Waals surface area (Å²) in [6.07, 6.45) is 1.10. The van der Waals surface area contributed by atoms with E-state index in [9.17, 15) is 0 Å². The molecule has 1 N–H and O–H groups in total. The van der Waals surface area contributed by atoms with Crippen LogP contribution in [-0.4, -0.2) is 74.9 Å². The molecule has 2 atom stereocenters. The van der Waals surface area contributed by atoms with Crippen molar-refractivity contribution in [3.05, 3.63) is 0 Å². The van der Waals surface area contributed by atoms with Crippen molar-refractivity contribution in [3.8, 4) is 0 Å². The van der Waals surface area contributed by atoms with Gasteiger partial charge in [0.2, 0.25) is 0 Å². The Hall–Kier alpha value is -0.160. The van der Waals surface area contributed by atoms with Crippen molar-refractivity contribution in [1.82, 2.24) is 15.1 Å². The van der Waals surface area contributed by atoms with Crippen LogP contribution in [0.2, 0.25) is 0 Å². The fourth-order valence-electron chi connectivity index (χ4n) is 2.65. The number of rotatable bonds is 6. The van der Waals surface area contributed by atoms with Gasteiger partial charge in [0.1, 0.15) is 0 Å². The monoisotopic (exact) mass is 227 g/mol. The summed E-state index contributed by atoms with van der Waals surface area (Å²) < 4.78 is 5.10. The van der Waals surface area contributed by atoms with Crippen molar-refractivity contribution in [2.24, 2.45) is 0 Å². The van der Waals surface area contributed by atoms with Gasteiger partial charge in [-0.3, -0.25) is 9.80 Å². The Labute approximate surface area is 98.9 Å². The van der Waals surface area contributed by atoms with Gasteiger partial charge >= 0.3 is 0 Å². The lowest BCUT2D eigenvalue weighted by atomic mass is 10.1. The Morgan fingerprint density at radius 2 is 2.06 bits per heavy atom. The van der Waals surface area contributed by atoms with E-state index in [2.05, 4.69) is 22.0 Å². The van der Waals surface area contributed by atoms with Crippen molar-refractivity contribution in [1.29, 1.82) is 0 Å². The number of ether oxygens (including phenoxy) is 1. The molecule has 3 aliphatic rings. The molecule has 16 heavy (non-hydrogen) atoms. The lowest BCUT2D eigenvalue weighted by molar-refractivity contribution is 0.0125. The standard InChI is InChI=1S/C12H25N3O/c1-11(3-8-16-2)13-9-12-10-14-4-6-15(12)7-5-14/h11-13H,3-10H2,1-2H3. The topological polar surface area (TPSA) is 27.7 Å². The van der Waals surface area contributed by atoms with Crippen LogP contribution < -0.4 is 5.32 Å². The number of hydrogen-bond acceptors (Lipinski definition) is 4. The molecule has 3 fully saturated rings. The van der Waals surface area contributed by atoms with E-state index in [-0.39, 0.29) is 0 Å². The van der Waals surface area contributed by atoms with Crippen molar-refractivity contribution in [3.63, 3.8) is 0 Å². The third-order valence-electron chi connectivity index (χ3n) is 3.85. The van der Waals surface area contributed by atoms with Crippen molar-refractivity contribution >= 4 is 0 Å². The van der Waals surface area contributed by atoms with E-state index >= 15 is 0 Å². The summed E-state index contributed by atoms with van der Waals surface area (Å²) in [6.45, 7) is 10.6. The fourth-order valence-corrected chi connectivity index (χ4v) is 2.65. The molecule has 4 nitrogen and oxygen atoms in total. The van der Waals surface area contributed by atoms with E-state index in [1.807, 2.05) is 0 Å². The predicted octanol–water partition coefficient (Wildman–Crippen LogP) is 0.000800. The molecule has 0 aliphatic carbocycles. The summed E-state index contributed by atoms with van der Waals surface area (Å²) in [7, 11) is 1.77. The second-order valence-corrected chi connectivity index (χ2v) is 5.08. The Morgan fingerprint density at radius 1 is 1.31 bits per heavy atom. The maximum absolute atomic E-state index is 5.10. The number of fused-ring (bicyclic) bond motifs is 3. The zero-order valence-corrected chi connectivity index (χ0v) is 10.6. The summed E-state index contributed by atoms with van der Waals surface area (Å²) in [5, 5.41) is 3.62. The number of hydrogen-bond donors (Lipinski definition) is 1. The first-order valence-corrected chi connectivity index (χ1v) is 6.48. The normalized spacial score (nSPS) is 35.2. The molecule has 3 rings (SSSR count). The summed E-state index contributed by atoms with van der Waals surface area (Å²) in [5.74, 6) is 0. The van der Waals surface area contributed by atoms with Gasteiger partial charge in [0.15, 0.2) is 0 Å². The number of piperazine rings is 3. The van der Waals surface area contributed by atoms with Crippen LogP contribution in [0, 0.1) is 0 Å². The highest BCUT2D eigenvalue weighted by molar-refractivity contribution is 4.89. The summed E-state index contributed by atoms with van der Waals surface area (Å²) >= 11 is 0. The molecule has 0 aromatic rings. The van der Waals surface area contributed by atoms with E-state index < -0.39 is 0 Å². The van der Waals surface area contributed by atoms with E-state index in [0.717, 1.165) is 25.6 Å². The van der Waals surface area contributed by atoms with Gasteiger partial charge in [-0.25, -0.2) is 0 Å². The van der Waals surface area contributed by atoms with Crippen molar-refractivity contribution < 1.29 is 4.74 Å². The summed E-state index contributed by atoms with van der Waals surface area (Å²) in [5.41, 5.74) is 0. The molecule has 0 saturated carbocycles. The summed E-state index contributed by atoms with van der Waals surface area (Å²) in [4.78, 5) is 5.22. The van der Waals surface area contributed by atoms with Crippen molar-refractivity contribution in [2.45, 2.75) is 25.4 Å². The van der Waals surface area contributed by atoms with Crippen LogP contribution in [-0.2, 0) is 4.74 Å². The van der Waals surface area contributed by atoms with E-state index in [1.165, 1.54) is 32.7 Å². The maximum Gasteiger partial charge on any atom is 0.0476 e. The molecule has 0 aromatic heterocycles. The van der Waals surface area contributed by atoms with Crippen LogP contribution in [0.4, 0.5) is 0 Å². The fraction of sp³-hybridized carbons (Fsp3) is 1.00. The van der Waals surface area contributed by atoms with Gasteiger partial charge in [0, 0.05) is 65.1 Å². The van der Waals surface area contributed by atoms with E-state index in [0.29, 0.717) is 6.04 Å². The number of methoxy groups -OCH3 is 1. The molecule has 3 saturated heterocycles. The predicted molar refractivity (Wildman–Crippen MR) is 65.8 cm³/mol. The average molecular weight is 227 g/mol. The van der Waals surface area contributed by atoms with Gasteiger partial charge in [-0.15, -0.1) is 0 Å². The second-order valence-electron chi connectivity index (χ2n) is 5.08. The zero-order valence-electron chi connectivity index (χ0n) is 10.6. The van der Waals surface area contributed by atoms with Crippen LogP contribution in [0.1, 0.15) is 13.3 Å². The molecule has 0 spiro atoms. The quantitative estimate of drug-likeness (QED) is 0.691. The zero-order chi connectivity index (χ0) is 11.4. The Bertz CT molecular complexity index is 204. The lowest BCUT2D eigenvalue weighted by Crippen LogP contribution is -2.63. The third-order valence-corrected chi connectivity index (χ3v) is 3.85. The van der Waals surface area contributed by atoms with Crippen LogP contribution in [0.15, 0.2) is 0 Å². The smallest absolute Gasteiger partial charge is 0.0476 e. The minimum Gasteiger partial charge on any atom is -0.385 e. The van der Waals surface area contributed by atoms with Gasteiger partial charge in [-0.2, -0.15) is 0 Å². The van der Waals surface area contributed by atoms with Crippen LogP contribution in [0.3, 0.4) is 0 Å². The number of nitrogens with one attached hydrogen (secondary N) is 1. The Morgan fingerprint density at radius 3 is 2.62 bits per heavy atom. The molecule has 2 unspecified atom stereocenters. The molecular weight excluding hydrogens is 202 g/mol. The molecule has 3 aliphatic heterocycles. The summed E-state index contributed by atoms with van der Waals surface area (Å²) in [6, 6.07) is 1.30. The van der Waals surface area contributed by atoms with Crippen LogP contribution >= 0.6 is 0 Å². The SMILES string of the molecule is COCCC(C)NCC1CN2CCN1CC2. The van der Waals surface area contributed by atoms with Crippen molar-refractivity contribution in [2.75, 3.05) is 53.0 Å². The van der Waals surface area contributed by atoms with E-state index in [4.69, 9.17) is 4.74 Å². The third kappa shape index (κ3) is 3.17.